The summed E-state index contributed by atoms with van der Waals surface area (Å²) in [6.07, 6.45) is -0.912. The first-order valence-corrected chi connectivity index (χ1v) is 11.0. The predicted molar refractivity (Wildman–Crippen MR) is 110 cm³/mol. The van der Waals surface area contributed by atoms with E-state index in [9.17, 15) is 13.2 Å². The van der Waals surface area contributed by atoms with Crippen LogP contribution in [-0.4, -0.2) is 32.7 Å². The first-order valence-electron chi connectivity index (χ1n) is 9.36. The van der Waals surface area contributed by atoms with E-state index in [-0.39, 0.29) is 24.2 Å². The first-order chi connectivity index (χ1) is 13.2. The zero-order chi connectivity index (χ0) is 20.5. The molecule has 0 bridgehead atoms. The summed E-state index contributed by atoms with van der Waals surface area (Å²) in [7, 11) is -3.52. The normalized spacial score (nSPS) is 17.4. The van der Waals surface area contributed by atoms with Crippen molar-refractivity contribution in [3.8, 4) is 5.75 Å². The minimum atomic E-state index is -3.52. The Bertz CT molecular complexity index is 988. The molecule has 2 aromatic rings. The van der Waals surface area contributed by atoms with Crippen LogP contribution < -0.4 is 14.4 Å². The highest BCUT2D eigenvalue weighted by Crippen LogP contribution is 2.35. The van der Waals surface area contributed by atoms with E-state index < -0.39 is 16.1 Å². The number of amides is 1. The first kappa shape index (κ1) is 20.2. The van der Waals surface area contributed by atoms with Crippen molar-refractivity contribution in [1.82, 2.24) is 5.32 Å². The second-order valence-electron chi connectivity index (χ2n) is 7.08. The topological polar surface area (TPSA) is 75.7 Å². The van der Waals surface area contributed by atoms with Gasteiger partial charge in [0.1, 0.15) is 5.75 Å². The standard InChI is InChI=1S/C21H26N2O4S/c1-5-28(25,26)23-13-20(27-19-9-7-6-8-18(19)23)21(24)22-16(4)17-11-10-14(2)15(3)12-17/h6-12,16,20H,5,13H2,1-4H3,(H,22,24)/t16-,20+/m1/s1. The van der Waals surface area contributed by atoms with E-state index >= 15 is 0 Å². The molecule has 28 heavy (non-hydrogen) atoms. The molecule has 0 saturated carbocycles. The van der Waals surface area contributed by atoms with Crippen molar-refractivity contribution in [1.29, 1.82) is 0 Å². The van der Waals surface area contributed by atoms with Gasteiger partial charge in [-0.15, -0.1) is 0 Å². The Kier molecular flexibility index (Phi) is 5.65. The van der Waals surface area contributed by atoms with Crippen molar-refractivity contribution in [3.63, 3.8) is 0 Å². The number of aryl methyl sites for hydroxylation is 2. The van der Waals surface area contributed by atoms with Crippen LogP contribution in [-0.2, 0) is 14.8 Å². The smallest absolute Gasteiger partial charge is 0.263 e. The van der Waals surface area contributed by atoms with E-state index in [1.807, 2.05) is 39.0 Å². The van der Waals surface area contributed by atoms with Crippen LogP contribution in [0.4, 0.5) is 5.69 Å². The lowest BCUT2D eigenvalue weighted by Gasteiger charge is -2.35. The van der Waals surface area contributed by atoms with E-state index in [1.54, 1.807) is 31.2 Å². The molecule has 0 radical (unpaired) electrons. The monoisotopic (exact) mass is 402 g/mol. The van der Waals surface area contributed by atoms with Crippen LogP contribution in [0.5, 0.6) is 5.75 Å². The number of carbonyl (C=O) groups excluding carboxylic acids is 1. The third-order valence-corrected chi connectivity index (χ3v) is 6.86. The van der Waals surface area contributed by atoms with E-state index in [0.29, 0.717) is 11.4 Å². The number of rotatable bonds is 5. The van der Waals surface area contributed by atoms with Gasteiger partial charge in [0.2, 0.25) is 10.0 Å². The molecule has 1 aliphatic heterocycles. The van der Waals surface area contributed by atoms with Crippen molar-refractivity contribution in [3.05, 3.63) is 59.2 Å². The third kappa shape index (κ3) is 3.99. The van der Waals surface area contributed by atoms with Gasteiger partial charge in [-0.3, -0.25) is 9.10 Å². The average molecular weight is 403 g/mol. The number of anilines is 1. The molecular formula is C21H26N2O4S. The van der Waals surface area contributed by atoms with Gasteiger partial charge < -0.3 is 10.1 Å². The molecule has 2 aromatic carbocycles. The molecule has 7 heteroatoms. The average Bonchev–Trinajstić information content (AvgIpc) is 2.68. The summed E-state index contributed by atoms with van der Waals surface area (Å²) in [5.74, 6) is 0.00985. The maximum atomic E-state index is 12.8. The zero-order valence-corrected chi connectivity index (χ0v) is 17.4. The molecule has 1 aliphatic rings. The molecule has 0 fully saturated rings. The maximum Gasteiger partial charge on any atom is 0.263 e. The molecule has 2 atom stereocenters. The van der Waals surface area contributed by atoms with Gasteiger partial charge in [0, 0.05) is 0 Å². The van der Waals surface area contributed by atoms with Gasteiger partial charge in [0.25, 0.3) is 5.91 Å². The Hall–Kier alpha value is -2.54. The van der Waals surface area contributed by atoms with E-state index in [0.717, 1.165) is 11.1 Å². The maximum absolute atomic E-state index is 12.8. The molecular weight excluding hydrogens is 376 g/mol. The lowest BCUT2D eigenvalue weighted by atomic mass is 10.0. The molecule has 1 heterocycles. The van der Waals surface area contributed by atoms with Crippen LogP contribution >= 0.6 is 0 Å². The molecule has 0 aliphatic carbocycles. The Labute approximate surface area is 166 Å². The van der Waals surface area contributed by atoms with Crippen LogP contribution in [0.25, 0.3) is 0 Å². The second-order valence-corrected chi connectivity index (χ2v) is 9.26. The molecule has 6 nitrogen and oxygen atoms in total. The number of nitrogens with one attached hydrogen (secondary N) is 1. The highest BCUT2D eigenvalue weighted by Gasteiger charge is 2.36. The van der Waals surface area contributed by atoms with E-state index in [2.05, 4.69) is 5.32 Å². The molecule has 0 aromatic heterocycles. The molecule has 150 valence electrons. The number of para-hydroxylation sites is 2. The van der Waals surface area contributed by atoms with Crippen LogP contribution in [0.2, 0.25) is 0 Å². The third-order valence-electron chi connectivity index (χ3n) is 5.12. The van der Waals surface area contributed by atoms with Crippen molar-refractivity contribution < 1.29 is 17.9 Å². The fraction of sp³-hybridized carbons (Fsp3) is 0.381. The number of ether oxygens (including phenoxy) is 1. The van der Waals surface area contributed by atoms with Crippen LogP contribution in [0.1, 0.15) is 36.6 Å². The summed E-state index contributed by atoms with van der Waals surface area (Å²) < 4.78 is 32.2. The SMILES string of the molecule is CCS(=O)(=O)N1C[C@@H](C(=O)N[C@H](C)c2ccc(C)c(C)c2)Oc2ccccc21. The summed E-state index contributed by atoms with van der Waals surface area (Å²) in [4.78, 5) is 12.8. The quantitative estimate of drug-likeness (QED) is 0.834. The number of sulfonamides is 1. The van der Waals surface area contributed by atoms with Crippen molar-refractivity contribution in [2.75, 3.05) is 16.6 Å². The van der Waals surface area contributed by atoms with Crippen LogP contribution in [0, 0.1) is 13.8 Å². The molecule has 0 unspecified atom stereocenters. The highest BCUT2D eigenvalue weighted by molar-refractivity contribution is 7.92. The van der Waals surface area contributed by atoms with Crippen LogP contribution in [0.3, 0.4) is 0 Å². The van der Waals surface area contributed by atoms with Gasteiger partial charge in [-0.05, 0) is 56.5 Å². The van der Waals surface area contributed by atoms with Gasteiger partial charge in [-0.25, -0.2) is 8.42 Å². The highest BCUT2D eigenvalue weighted by atomic mass is 32.2. The zero-order valence-electron chi connectivity index (χ0n) is 16.6. The van der Waals surface area contributed by atoms with E-state index in [4.69, 9.17) is 4.74 Å². The van der Waals surface area contributed by atoms with Gasteiger partial charge in [-0.1, -0.05) is 30.3 Å². The summed E-state index contributed by atoms with van der Waals surface area (Å²) in [5, 5.41) is 2.95. The Morgan fingerprint density at radius 1 is 1.21 bits per heavy atom. The van der Waals surface area contributed by atoms with Crippen LogP contribution in [0.15, 0.2) is 42.5 Å². The summed E-state index contributed by atoms with van der Waals surface area (Å²) >= 11 is 0. The second kappa shape index (κ2) is 7.83. The van der Waals surface area contributed by atoms with Gasteiger partial charge in [0.15, 0.2) is 6.10 Å². The van der Waals surface area contributed by atoms with Gasteiger partial charge in [-0.2, -0.15) is 0 Å². The Morgan fingerprint density at radius 2 is 1.93 bits per heavy atom. The number of nitrogens with zero attached hydrogens (tertiary/aromatic N) is 1. The lowest BCUT2D eigenvalue weighted by molar-refractivity contribution is -0.128. The number of fused-ring (bicyclic) bond motifs is 1. The largest absolute Gasteiger partial charge is 0.476 e. The molecule has 1 N–H and O–H groups in total. The van der Waals surface area contributed by atoms with Crippen molar-refractivity contribution in [2.45, 2.75) is 39.8 Å². The lowest BCUT2D eigenvalue weighted by Crippen LogP contribution is -2.51. The summed E-state index contributed by atoms with van der Waals surface area (Å²) in [6.45, 7) is 7.52. The minimum absolute atomic E-state index is 0.0430. The van der Waals surface area contributed by atoms with Crippen molar-refractivity contribution in [2.24, 2.45) is 0 Å². The Balaban J connectivity index is 1.81. The van der Waals surface area contributed by atoms with E-state index in [1.165, 1.54) is 9.87 Å². The fourth-order valence-electron chi connectivity index (χ4n) is 3.18. The molecule has 3 rings (SSSR count). The van der Waals surface area contributed by atoms with Gasteiger partial charge in [0.05, 0.1) is 24.0 Å². The number of hydrogen-bond acceptors (Lipinski definition) is 4. The molecule has 0 saturated heterocycles. The predicted octanol–water partition coefficient (Wildman–Crippen LogP) is 3.10. The minimum Gasteiger partial charge on any atom is -0.476 e. The fourth-order valence-corrected chi connectivity index (χ4v) is 4.31. The van der Waals surface area contributed by atoms with Gasteiger partial charge >= 0.3 is 0 Å². The van der Waals surface area contributed by atoms with Crippen molar-refractivity contribution >= 4 is 21.6 Å². The number of benzene rings is 2. The number of carbonyl (C=O) groups is 1. The molecule has 0 spiro atoms. The molecule has 1 amide bonds. The summed E-state index contributed by atoms with van der Waals surface area (Å²) in [6, 6.07) is 12.7. The Morgan fingerprint density at radius 3 is 2.61 bits per heavy atom. The number of hydrogen-bond donors (Lipinski definition) is 1. The summed E-state index contributed by atoms with van der Waals surface area (Å²) in [5.41, 5.74) is 3.80.